The molecule has 5 heteroatoms. The van der Waals surface area contributed by atoms with Crippen molar-refractivity contribution in [3.63, 3.8) is 0 Å². The molecule has 2 aromatic rings. The van der Waals surface area contributed by atoms with E-state index in [1.165, 1.54) is 17.7 Å². The van der Waals surface area contributed by atoms with E-state index >= 15 is 0 Å². The SMILES string of the molecule is CNc1nc(C2CC2)nc(Sc2ccc(Br)cc2)c1C. The van der Waals surface area contributed by atoms with Crippen molar-refractivity contribution >= 4 is 33.5 Å². The van der Waals surface area contributed by atoms with Crippen LogP contribution in [0.3, 0.4) is 0 Å². The first-order valence-corrected chi connectivity index (χ1v) is 8.28. The number of nitrogens with zero attached hydrogens (tertiary/aromatic N) is 2. The molecule has 1 aromatic carbocycles. The lowest BCUT2D eigenvalue weighted by Crippen LogP contribution is -2.03. The molecule has 0 saturated heterocycles. The molecule has 1 aliphatic rings. The van der Waals surface area contributed by atoms with Crippen molar-refractivity contribution in [2.75, 3.05) is 12.4 Å². The van der Waals surface area contributed by atoms with E-state index in [0.717, 1.165) is 26.7 Å². The van der Waals surface area contributed by atoms with E-state index in [1.807, 2.05) is 7.05 Å². The number of benzene rings is 1. The average Bonchev–Trinajstić information content (AvgIpc) is 3.28. The number of nitrogens with one attached hydrogen (secondary N) is 1. The van der Waals surface area contributed by atoms with Crippen LogP contribution in [0.15, 0.2) is 38.7 Å². The van der Waals surface area contributed by atoms with Crippen LogP contribution in [-0.2, 0) is 0 Å². The van der Waals surface area contributed by atoms with Gasteiger partial charge in [0.1, 0.15) is 16.7 Å². The molecule has 0 radical (unpaired) electrons. The Balaban J connectivity index is 1.94. The Hall–Kier alpha value is -1.07. The number of aromatic nitrogens is 2. The summed E-state index contributed by atoms with van der Waals surface area (Å²) in [6.45, 7) is 2.07. The summed E-state index contributed by atoms with van der Waals surface area (Å²) in [5.41, 5.74) is 1.12. The van der Waals surface area contributed by atoms with E-state index in [-0.39, 0.29) is 0 Å². The molecule has 1 aliphatic carbocycles. The van der Waals surface area contributed by atoms with E-state index in [0.29, 0.717) is 5.92 Å². The van der Waals surface area contributed by atoms with Crippen molar-refractivity contribution in [1.29, 1.82) is 0 Å². The lowest BCUT2D eigenvalue weighted by molar-refractivity contribution is 0.865. The van der Waals surface area contributed by atoms with Crippen LogP contribution in [0.1, 0.15) is 30.1 Å². The van der Waals surface area contributed by atoms with Crippen LogP contribution < -0.4 is 5.32 Å². The number of halogens is 1. The summed E-state index contributed by atoms with van der Waals surface area (Å²) < 4.78 is 1.09. The summed E-state index contributed by atoms with van der Waals surface area (Å²) in [6.07, 6.45) is 2.43. The zero-order valence-electron chi connectivity index (χ0n) is 11.5. The summed E-state index contributed by atoms with van der Waals surface area (Å²) in [5.74, 6) is 2.49. The van der Waals surface area contributed by atoms with Gasteiger partial charge in [0.05, 0.1) is 0 Å². The molecule has 3 rings (SSSR count). The van der Waals surface area contributed by atoms with Gasteiger partial charge in [0.25, 0.3) is 0 Å². The molecule has 20 heavy (non-hydrogen) atoms. The van der Waals surface area contributed by atoms with Gasteiger partial charge in [0, 0.05) is 27.9 Å². The molecule has 3 nitrogen and oxygen atoms in total. The largest absolute Gasteiger partial charge is 0.373 e. The molecule has 1 aromatic heterocycles. The monoisotopic (exact) mass is 349 g/mol. The van der Waals surface area contributed by atoms with Crippen LogP contribution in [0.5, 0.6) is 0 Å². The van der Waals surface area contributed by atoms with Crippen LogP contribution >= 0.6 is 27.7 Å². The fourth-order valence-electron chi connectivity index (χ4n) is 1.99. The van der Waals surface area contributed by atoms with Crippen LogP contribution in [0.2, 0.25) is 0 Å². The maximum absolute atomic E-state index is 4.76. The minimum atomic E-state index is 0.562. The molecule has 0 unspecified atom stereocenters. The molecule has 1 fully saturated rings. The second-order valence-electron chi connectivity index (χ2n) is 4.94. The maximum atomic E-state index is 4.76. The van der Waals surface area contributed by atoms with E-state index in [4.69, 9.17) is 4.98 Å². The van der Waals surface area contributed by atoms with Crippen LogP contribution in [0.4, 0.5) is 5.82 Å². The maximum Gasteiger partial charge on any atom is 0.135 e. The summed E-state index contributed by atoms with van der Waals surface area (Å²) in [4.78, 5) is 10.6. The van der Waals surface area contributed by atoms with Crippen LogP contribution in [0, 0.1) is 6.92 Å². The molecular weight excluding hydrogens is 334 g/mol. The van der Waals surface area contributed by atoms with Crippen molar-refractivity contribution < 1.29 is 0 Å². The highest BCUT2D eigenvalue weighted by Gasteiger charge is 2.28. The molecular formula is C15H16BrN3S. The quantitative estimate of drug-likeness (QED) is 0.817. The average molecular weight is 350 g/mol. The third kappa shape index (κ3) is 2.99. The lowest BCUT2D eigenvalue weighted by Gasteiger charge is -2.11. The van der Waals surface area contributed by atoms with Gasteiger partial charge in [-0.2, -0.15) is 0 Å². The fraction of sp³-hybridized carbons (Fsp3) is 0.333. The molecule has 0 aliphatic heterocycles. The second kappa shape index (κ2) is 5.74. The molecule has 0 atom stereocenters. The van der Waals surface area contributed by atoms with Gasteiger partial charge in [-0.1, -0.05) is 27.7 Å². The number of hydrogen-bond acceptors (Lipinski definition) is 4. The Morgan fingerprint density at radius 1 is 1.20 bits per heavy atom. The highest BCUT2D eigenvalue weighted by atomic mass is 79.9. The van der Waals surface area contributed by atoms with E-state index in [2.05, 4.69) is 57.4 Å². The van der Waals surface area contributed by atoms with E-state index < -0.39 is 0 Å². The topological polar surface area (TPSA) is 37.8 Å². The third-order valence-corrected chi connectivity index (χ3v) is 4.95. The minimum Gasteiger partial charge on any atom is -0.373 e. The first-order chi connectivity index (χ1) is 9.67. The molecule has 1 heterocycles. The van der Waals surface area contributed by atoms with Crippen molar-refractivity contribution in [3.8, 4) is 0 Å². The Labute approximate surface area is 131 Å². The second-order valence-corrected chi connectivity index (χ2v) is 6.92. The van der Waals surface area contributed by atoms with E-state index in [1.54, 1.807) is 11.8 Å². The predicted octanol–water partition coefficient (Wildman–Crippen LogP) is 4.62. The first kappa shape index (κ1) is 13.9. The number of hydrogen-bond donors (Lipinski definition) is 1. The van der Waals surface area contributed by atoms with Gasteiger partial charge >= 0.3 is 0 Å². The van der Waals surface area contributed by atoms with E-state index in [9.17, 15) is 0 Å². The standard InChI is InChI=1S/C15H16BrN3S/c1-9-13(17-2)18-14(10-3-4-10)19-15(9)20-12-7-5-11(16)6-8-12/h5-8,10H,3-4H2,1-2H3,(H,17,18,19). The number of anilines is 1. The Morgan fingerprint density at radius 2 is 1.90 bits per heavy atom. The van der Waals surface area contributed by atoms with Crippen molar-refractivity contribution in [2.24, 2.45) is 0 Å². The third-order valence-electron chi connectivity index (χ3n) is 3.33. The van der Waals surface area contributed by atoms with Crippen LogP contribution in [0.25, 0.3) is 0 Å². The van der Waals surface area contributed by atoms with Gasteiger partial charge in [-0.3, -0.25) is 0 Å². The molecule has 0 bridgehead atoms. The van der Waals surface area contributed by atoms with Crippen molar-refractivity contribution in [1.82, 2.24) is 9.97 Å². The van der Waals surface area contributed by atoms with Crippen molar-refractivity contribution in [2.45, 2.75) is 35.6 Å². The highest BCUT2D eigenvalue weighted by Crippen LogP contribution is 2.40. The predicted molar refractivity (Wildman–Crippen MR) is 86.6 cm³/mol. The van der Waals surface area contributed by atoms with Gasteiger partial charge in [-0.25, -0.2) is 9.97 Å². The van der Waals surface area contributed by atoms with Gasteiger partial charge in [0.2, 0.25) is 0 Å². The summed E-state index contributed by atoms with van der Waals surface area (Å²) >= 11 is 5.16. The van der Waals surface area contributed by atoms with Crippen LogP contribution in [-0.4, -0.2) is 17.0 Å². The normalized spacial score (nSPS) is 14.3. The molecule has 104 valence electrons. The van der Waals surface area contributed by atoms with Gasteiger partial charge in [-0.05, 0) is 44.0 Å². The molecule has 1 saturated carbocycles. The first-order valence-electron chi connectivity index (χ1n) is 6.67. The summed E-state index contributed by atoms with van der Waals surface area (Å²) in [7, 11) is 1.92. The fourth-order valence-corrected chi connectivity index (χ4v) is 3.14. The number of rotatable bonds is 4. The Kier molecular flexibility index (Phi) is 3.98. The van der Waals surface area contributed by atoms with Crippen molar-refractivity contribution in [3.05, 3.63) is 40.1 Å². The van der Waals surface area contributed by atoms with Gasteiger partial charge in [-0.15, -0.1) is 0 Å². The van der Waals surface area contributed by atoms with Gasteiger partial charge in [0.15, 0.2) is 0 Å². The highest BCUT2D eigenvalue weighted by molar-refractivity contribution is 9.10. The zero-order chi connectivity index (χ0) is 14.1. The molecule has 1 N–H and O–H groups in total. The Morgan fingerprint density at radius 3 is 2.50 bits per heavy atom. The van der Waals surface area contributed by atoms with Gasteiger partial charge < -0.3 is 5.32 Å². The molecule has 0 amide bonds. The lowest BCUT2D eigenvalue weighted by atomic mass is 10.3. The zero-order valence-corrected chi connectivity index (χ0v) is 13.9. The summed E-state index contributed by atoms with van der Waals surface area (Å²) in [5, 5.41) is 4.23. The smallest absolute Gasteiger partial charge is 0.135 e. The summed E-state index contributed by atoms with van der Waals surface area (Å²) in [6, 6.07) is 8.32. The Bertz CT molecular complexity index is 624. The molecule has 0 spiro atoms. The minimum absolute atomic E-state index is 0.562.